The Hall–Kier alpha value is -3.66. The topological polar surface area (TPSA) is 107 Å². The molecule has 0 aliphatic rings. The fourth-order valence-corrected chi connectivity index (χ4v) is 2.96. The molecule has 3 aromatic rings. The maximum atomic E-state index is 13.0. The molecule has 0 saturated heterocycles. The van der Waals surface area contributed by atoms with E-state index >= 15 is 0 Å². The molecule has 1 amide bonds. The van der Waals surface area contributed by atoms with Gasteiger partial charge in [0.2, 0.25) is 11.7 Å². The summed E-state index contributed by atoms with van der Waals surface area (Å²) in [7, 11) is 0. The summed E-state index contributed by atoms with van der Waals surface area (Å²) in [5, 5.41) is 17.8. The van der Waals surface area contributed by atoms with Crippen molar-refractivity contribution in [3.8, 4) is 11.5 Å². The molecule has 0 atom stereocenters. The molecule has 0 unspecified atom stereocenters. The van der Waals surface area contributed by atoms with Crippen LogP contribution < -0.4 is 10.2 Å². The van der Waals surface area contributed by atoms with E-state index in [2.05, 4.69) is 15.5 Å². The highest BCUT2D eigenvalue weighted by molar-refractivity contribution is 7.09. The van der Waals surface area contributed by atoms with E-state index in [0.717, 1.165) is 5.01 Å². The Bertz CT molecular complexity index is 1070. The summed E-state index contributed by atoms with van der Waals surface area (Å²) in [5.74, 6) is -0.523. The van der Waals surface area contributed by atoms with Gasteiger partial charge in [-0.2, -0.15) is 5.10 Å². The second-order valence-corrected chi connectivity index (χ2v) is 6.93. The molecule has 0 radical (unpaired) electrons. The third-order valence-electron chi connectivity index (χ3n) is 3.63. The highest BCUT2D eigenvalue weighted by atomic mass is 32.1. The molecule has 8 nitrogen and oxygen atoms in total. The first-order chi connectivity index (χ1) is 13.9. The fraction of sp³-hybridized carbons (Fsp3) is 0.105. The average molecular weight is 414 g/mol. The summed E-state index contributed by atoms with van der Waals surface area (Å²) in [6.07, 6.45) is 1.38. The van der Waals surface area contributed by atoms with Gasteiger partial charge >= 0.3 is 5.69 Å². The molecule has 0 aliphatic heterocycles. The first-order valence-electron chi connectivity index (χ1n) is 8.35. The number of benzene rings is 2. The Morgan fingerprint density at radius 2 is 2.10 bits per heavy atom. The summed E-state index contributed by atoms with van der Waals surface area (Å²) >= 11 is 1.45. The van der Waals surface area contributed by atoms with Crippen molar-refractivity contribution in [2.75, 3.05) is 0 Å². The summed E-state index contributed by atoms with van der Waals surface area (Å²) in [6.45, 7) is 1.85. The minimum Gasteiger partial charge on any atom is -0.450 e. The number of thiazole rings is 1. The number of carbonyl (C=O) groups is 1. The van der Waals surface area contributed by atoms with Crippen molar-refractivity contribution in [2.45, 2.75) is 13.3 Å². The third kappa shape index (κ3) is 5.66. The van der Waals surface area contributed by atoms with Crippen LogP contribution in [0.1, 0.15) is 16.3 Å². The summed E-state index contributed by atoms with van der Waals surface area (Å²) in [4.78, 5) is 26.8. The van der Waals surface area contributed by atoms with Crippen LogP contribution in [0.15, 0.2) is 52.9 Å². The number of ether oxygens (including phenoxy) is 1. The van der Waals surface area contributed by atoms with Crippen molar-refractivity contribution < 1.29 is 18.8 Å². The molecule has 10 heteroatoms. The molecule has 0 fully saturated rings. The van der Waals surface area contributed by atoms with E-state index < -0.39 is 10.7 Å². The Morgan fingerprint density at radius 3 is 2.76 bits per heavy atom. The van der Waals surface area contributed by atoms with Crippen molar-refractivity contribution >= 4 is 29.1 Å². The van der Waals surface area contributed by atoms with Gasteiger partial charge in [-0.3, -0.25) is 14.9 Å². The van der Waals surface area contributed by atoms with Crippen LogP contribution in [0.25, 0.3) is 0 Å². The van der Waals surface area contributed by atoms with Crippen molar-refractivity contribution in [1.29, 1.82) is 0 Å². The van der Waals surface area contributed by atoms with Gasteiger partial charge in [0.1, 0.15) is 11.6 Å². The molecule has 1 heterocycles. The van der Waals surface area contributed by atoms with Gasteiger partial charge in [-0.05, 0) is 43.3 Å². The van der Waals surface area contributed by atoms with Gasteiger partial charge in [-0.25, -0.2) is 14.8 Å². The summed E-state index contributed by atoms with van der Waals surface area (Å²) < 4.78 is 18.4. The Morgan fingerprint density at radius 1 is 1.34 bits per heavy atom. The molecule has 29 heavy (non-hydrogen) atoms. The maximum absolute atomic E-state index is 13.0. The monoisotopic (exact) mass is 414 g/mol. The van der Waals surface area contributed by atoms with Gasteiger partial charge in [-0.1, -0.05) is 0 Å². The minimum atomic E-state index is -0.598. The van der Waals surface area contributed by atoms with Gasteiger partial charge < -0.3 is 4.74 Å². The van der Waals surface area contributed by atoms with Crippen molar-refractivity contribution in [2.24, 2.45) is 5.10 Å². The number of aromatic nitrogens is 1. The average Bonchev–Trinajstić information content (AvgIpc) is 3.09. The van der Waals surface area contributed by atoms with E-state index in [0.29, 0.717) is 11.3 Å². The van der Waals surface area contributed by atoms with Crippen molar-refractivity contribution in [3.63, 3.8) is 0 Å². The van der Waals surface area contributed by atoms with Crippen molar-refractivity contribution in [3.05, 3.63) is 80.0 Å². The summed E-state index contributed by atoms with van der Waals surface area (Å²) in [5.41, 5.74) is 3.11. The van der Waals surface area contributed by atoms with Gasteiger partial charge in [0.05, 0.1) is 28.3 Å². The molecule has 2 aromatic carbocycles. The van der Waals surface area contributed by atoms with E-state index in [1.165, 1.54) is 53.9 Å². The van der Waals surface area contributed by atoms with E-state index in [1.54, 1.807) is 11.4 Å². The molecular formula is C19H15FN4O4S. The van der Waals surface area contributed by atoms with Crippen LogP contribution in [0.5, 0.6) is 11.5 Å². The summed E-state index contributed by atoms with van der Waals surface area (Å²) in [6, 6.07) is 9.34. The van der Waals surface area contributed by atoms with E-state index in [9.17, 15) is 19.3 Å². The zero-order valence-electron chi connectivity index (χ0n) is 15.2. The van der Waals surface area contributed by atoms with Crippen LogP contribution >= 0.6 is 11.3 Å². The molecule has 1 N–H and O–H groups in total. The predicted molar refractivity (Wildman–Crippen MR) is 106 cm³/mol. The Balaban J connectivity index is 1.67. The SMILES string of the molecule is Cc1nc(CC(=O)NN=Cc2ccc(Oc3ccc(F)cc3)c([N+](=O)[O-])c2)cs1. The van der Waals surface area contributed by atoms with Crippen molar-refractivity contribution in [1.82, 2.24) is 10.4 Å². The number of nitro benzene ring substituents is 1. The zero-order chi connectivity index (χ0) is 20.8. The number of carbonyl (C=O) groups excluding carboxylic acids is 1. The van der Waals surface area contributed by atoms with E-state index in [1.807, 2.05) is 6.92 Å². The number of hydrazone groups is 1. The molecule has 1 aromatic heterocycles. The van der Waals surface area contributed by atoms with Gasteiger partial charge in [0.25, 0.3) is 0 Å². The van der Waals surface area contributed by atoms with E-state index in [4.69, 9.17) is 4.74 Å². The van der Waals surface area contributed by atoms with Crippen LogP contribution in [-0.2, 0) is 11.2 Å². The number of rotatable bonds is 7. The number of halogens is 1. The first kappa shape index (κ1) is 20.1. The van der Waals surface area contributed by atoms with Crippen LogP contribution in [-0.4, -0.2) is 22.0 Å². The number of amides is 1. The predicted octanol–water partition coefficient (Wildman–Crippen LogP) is 3.98. The van der Waals surface area contributed by atoms with Crippen LogP contribution in [0.2, 0.25) is 0 Å². The Labute approximate surface area is 168 Å². The zero-order valence-corrected chi connectivity index (χ0v) is 16.0. The van der Waals surface area contributed by atoms with Crippen LogP contribution in [0.3, 0.4) is 0 Å². The molecule has 0 spiro atoms. The molecule has 148 valence electrons. The number of nitrogens with zero attached hydrogens (tertiary/aromatic N) is 3. The molecule has 3 rings (SSSR count). The quantitative estimate of drug-likeness (QED) is 0.357. The number of hydrogen-bond acceptors (Lipinski definition) is 7. The second kappa shape index (κ2) is 9.02. The smallest absolute Gasteiger partial charge is 0.312 e. The lowest BCUT2D eigenvalue weighted by Crippen LogP contribution is -2.19. The number of aryl methyl sites for hydroxylation is 1. The highest BCUT2D eigenvalue weighted by Crippen LogP contribution is 2.31. The highest BCUT2D eigenvalue weighted by Gasteiger charge is 2.16. The second-order valence-electron chi connectivity index (χ2n) is 5.87. The number of hydrogen-bond donors (Lipinski definition) is 1. The van der Waals surface area contributed by atoms with Gasteiger partial charge in [-0.15, -0.1) is 11.3 Å². The third-order valence-corrected chi connectivity index (χ3v) is 4.45. The maximum Gasteiger partial charge on any atom is 0.312 e. The van der Waals surface area contributed by atoms with Gasteiger partial charge in [0, 0.05) is 17.0 Å². The minimum absolute atomic E-state index is 0.00157. The largest absolute Gasteiger partial charge is 0.450 e. The van der Waals surface area contributed by atoms with E-state index in [-0.39, 0.29) is 29.5 Å². The molecule has 0 aliphatic carbocycles. The standard InChI is InChI=1S/C19H15FN4O4S/c1-12-22-15(11-29-12)9-19(25)23-21-10-13-2-7-18(17(8-13)24(26)27)28-16-5-3-14(20)4-6-16/h2-8,10-11H,9H2,1H3,(H,23,25). The molecule has 0 bridgehead atoms. The Kier molecular flexibility index (Phi) is 6.25. The lowest BCUT2D eigenvalue weighted by Gasteiger charge is -2.07. The normalized spacial score (nSPS) is 10.8. The van der Waals surface area contributed by atoms with Crippen LogP contribution in [0, 0.1) is 22.9 Å². The number of nitro groups is 1. The lowest BCUT2D eigenvalue weighted by atomic mass is 10.2. The van der Waals surface area contributed by atoms with Crippen LogP contribution in [0.4, 0.5) is 10.1 Å². The molecular weight excluding hydrogens is 399 g/mol. The molecule has 0 saturated carbocycles. The fourth-order valence-electron chi connectivity index (χ4n) is 2.35. The lowest BCUT2D eigenvalue weighted by molar-refractivity contribution is -0.385. The number of nitrogens with one attached hydrogen (secondary N) is 1. The van der Waals surface area contributed by atoms with Gasteiger partial charge in [0.15, 0.2) is 0 Å². The first-order valence-corrected chi connectivity index (χ1v) is 9.23.